The number of hydrogen-bond acceptors (Lipinski definition) is 4. The molecule has 2 fully saturated rings. The van der Waals surface area contributed by atoms with Gasteiger partial charge in [0, 0.05) is 6.54 Å². The van der Waals surface area contributed by atoms with Crippen LogP contribution in [0.2, 0.25) is 0 Å². The first kappa shape index (κ1) is 14.0. The summed E-state index contributed by atoms with van der Waals surface area (Å²) in [5.41, 5.74) is 5.25. The van der Waals surface area contributed by atoms with Crippen LogP contribution in [0.4, 0.5) is 0 Å². The van der Waals surface area contributed by atoms with Crippen LogP contribution in [0.5, 0.6) is 0 Å². The van der Waals surface area contributed by atoms with E-state index in [2.05, 4.69) is 12.2 Å². The fourth-order valence-electron chi connectivity index (χ4n) is 2.94. The summed E-state index contributed by atoms with van der Waals surface area (Å²) < 4.78 is 0. The van der Waals surface area contributed by atoms with Crippen molar-refractivity contribution < 1.29 is 14.4 Å². The maximum atomic E-state index is 12.6. The average molecular weight is 267 g/mol. The molecule has 19 heavy (non-hydrogen) atoms. The van der Waals surface area contributed by atoms with E-state index in [1.165, 1.54) is 4.90 Å². The molecule has 0 aromatic carbocycles. The van der Waals surface area contributed by atoms with Gasteiger partial charge in [-0.05, 0) is 31.6 Å². The van der Waals surface area contributed by atoms with Gasteiger partial charge < -0.3 is 10.6 Å². The summed E-state index contributed by atoms with van der Waals surface area (Å²) in [5, 5.41) is 2.20. The van der Waals surface area contributed by atoms with Gasteiger partial charge in [-0.1, -0.05) is 6.92 Å². The second-order valence-corrected chi connectivity index (χ2v) is 5.80. The Bertz CT molecular complexity index is 384. The van der Waals surface area contributed by atoms with Gasteiger partial charge in [-0.15, -0.1) is 0 Å². The standard InChI is InChI=1S/C13H21N3O3/c1-9-2-4-13(8-14,5-3-9)12(19)16-6-10(17)15-11(18)7-16/h9H,2-8,14H2,1H3,(H,15,17,18). The lowest BCUT2D eigenvalue weighted by molar-refractivity contribution is -0.152. The molecule has 1 saturated carbocycles. The van der Waals surface area contributed by atoms with E-state index in [9.17, 15) is 14.4 Å². The van der Waals surface area contributed by atoms with Crippen molar-refractivity contribution in [2.45, 2.75) is 32.6 Å². The molecule has 1 aliphatic carbocycles. The number of nitrogens with two attached hydrogens (primary N) is 1. The molecule has 1 aliphatic heterocycles. The number of piperazine rings is 1. The Morgan fingerprint density at radius 2 is 1.84 bits per heavy atom. The van der Waals surface area contributed by atoms with Gasteiger partial charge in [0.2, 0.25) is 17.7 Å². The number of amides is 3. The zero-order chi connectivity index (χ0) is 14.0. The van der Waals surface area contributed by atoms with E-state index >= 15 is 0 Å². The summed E-state index contributed by atoms with van der Waals surface area (Å²) in [6.45, 7) is 2.37. The largest absolute Gasteiger partial charge is 0.329 e. The predicted octanol–water partition coefficient (Wildman–Crippen LogP) is -0.373. The summed E-state index contributed by atoms with van der Waals surface area (Å²) in [6.07, 6.45) is 3.43. The molecule has 1 heterocycles. The molecule has 0 spiro atoms. The van der Waals surface area contributed by atoms with Gasteiger partial charge in [0.15, 0.2) is 0 Å². The molecule has 106 valence electrons. The smallest absolute Gasteiger partial charge is 0.246 e. The average Bonchev–Trinajstić information content (AvgIpc) is 2.38. The number of carbonyl (C=O) groups is 3. The second kappa shape index (κ2) is 5.28. The van der Waals surface area contributed by atoms with Crippen molar-refractivity contribution in [3.05, 3.63) is 0 Å². The van der Waals surface area contributed by atoms with Crippen LogP contribution in [0.1, 0.15) is 32.6 Å². The third-order valence-electron chi connectivity index (χ3n) is 4.31. The zero-order valence-electron chi connectivity index (χ0n) is 11.3. The van der Waals surface area contributed by atoms with Crippen molar-refractivity contribution in [1.82, 2.24) is 10.2 Å². The fourth-order valence-corrected chi connectivity index (χ4v) is 2.94. The van der Waals surface area contributed by atoms with E-state index in [1.807, 2.05) is 0 Å². The normalized spacial score (nSPS) is 32.1. The van der Waals surface area contributed by atoms with Crippen LogP contribution < -0.4 is 11.1 Å². The molecule has 0 aromatic rings. The molecule has 0 atom stereocenters. The number of hydrogen-bond donors (Lipinski definition) is 2. The SMILES string of the molecule is CC1CCC(CN)(C(=O)N2CC(=O)NC(=O)C2)CC1. The molecule has 6 heteroatoms. The topological polar surface area (TPSA) is 92.5 Å². The minimum Gasteiger partial charge on any atom is -0.329 e. The fraction of sp³-hybridized carbons (Fsp3) is 0.769. The third kappa shape index (κ3) is 2.78. The van der Waals surface area contributed by atoms with E-state index in [0.29, 0.717) is 5.92 Å². The van der Waals surface area contributed by atoms with Gasteiger partial charge in [0.05, 0.1) is 5.41 Å². The Balaban J connectivity index is 2.12. The first-order chi connectivity index (χ1) is 8.97. The van der Waals surface area contributed by atoms with Crippen LogP contribution >= 0.6 is 0 Å². The summed E-state index contributed by atoms with van der Waals surface area (Å²) in [4.78, 5) is 36.7. The Hall–Kier alpha value is -1.43. The second-order valence-electron chi connectivity index (χ2n) is 5.80. The van der Waals surface area contributed by atoms with E-state index in [0.717, 1.165) is 25.7 Å². The number of nitrogens with one attached hydrogen (secondary N) is 1. The Labute approximate surface area is 112 Å². The van der Waals surface area contributed by atoms with Crippen molar-refractivity contribution in [2.24, 2.45) is 17.1 Å². The maximum Gasteiger partial charge on any atom is 0.246 e. The summed E-state index contributed by atoms with van der Waals surface area (Å²) >= 11 is 0. The van der Waals surface area contributed by atoms with Gasteiger partial charge in [0.1, 0.15) is 13.1 Å². The van der Waals surface area contributed by atoms with Crippen molar-refractivity contribution >= 4 is 17.7 Å². The molecule has 1 saturated heterocycles. The zero-order valence-corrected chi connectivity index (χ0v) is 11.3. The van der Waals surface area contributed by atoms with Crippen LogP contribution in [-0.2, 0) is 14.4 Å². The number of rotatable bonds is 2. The van der Waals surface area contributed by atoms with Gasteiger partial charge in [0.25, 0.3) is 0 Å². The lowest BCUT2D eigenvalue weighted by atomic mass is 9.70. The van der Waals surface area contributed by atoms with Crippen molar-refractivity contribution in [3.63, 3.8) is 0 Å². The van der Waals surface area contributed by atoms with Crippen molar-refractivity contribution in [3.8, 4) is 0 Å². The molecule has 3 N–H and O–H groups in total. The molecule has 6 nitrogen and oxygen atoms in total. The summed E-state index contributed by atoms with van der Waals surface area (Å²) in [5.74, 6) is -0.356. The number of nitrogens with zero attached hydrogens (tertiary/aromatic N) is 1. The first-order valence-corrected chi connectivity index (χ1v) is 6.79. The minimum absolute atomic E-state index is 0.0398. The summed E-state index contributed by atoms with van der Waals surface area (Å²) in [6, 6.07) is 0. The van der Waals surface area contributed by atoms with Gasteiger partial charge in [-0.25, -0.2) is 0 Å². The molecule has 3 amide bonds. The third-order valence-corrected chi connectivity index (χ3v) is 4.31. The highest BCUT2D eigenvalue weighted by atomic mass is 16.2. The number of imide groups is 1. The van der Waals surface area contributed by atoms with Crippen LogP contribution in [0.3, 0.4) is 0 Å². The lowest BCUT2D eigenvalue weighted by Gasteiger charge is -2.41. The highest BCUT2D eigenvalue weighted by Gasteiger charge is 2.43. The molecule has 0 aromatic heterocycles. The Kier molecular flexibility index (Phi) is 3.89. The molecular weight excluding hydrogens is 246 g/mol. The van der Waals surface area contributed by atoms with Gasteiger partial charge in [-0.3, -0.25) is 19.7 Å². The monoisotopic (exact) mass is 267 g/mol. The number of carbonyl (C=O) groups excluding carboxylic acids is 3. The van der Waals surface area contributed by atoms with Crippen molar-refractivity contribution in [2.75, 3.05) is 19.6 Å². The first-order valence-electron chi connectivity index (χ1n) is 6.79. The van der Waals surface area contributed by atoms with E-state index in [4.69, 9.17) is 5.73 Å². The quantitative estimate of drug-likeness (QED) is 0.667. The summed E-state index contributed by atoms with van der Waals surface area (Å²) in [7, 11) is 0. The van der Waals surface area contributed by atoms with Crippen LogP contribution in [0.25, 0.3) is 0 Å². The molecular formula is C13H21N3O3. The molecule has 0 bridgehead atoms. The van der Waals surface area contributed by atoms with Gasteiger partial charge >= 0.3 is 0 Å². The highest BCUT2D eigenvalue weighted by Crippen LogP contribution is 2.39. The van der Waals surface area contributed by atoms with Gasteiger partial charge in [-0.2, -0.15) is 0 Å². The highest BCUT2D eigenvalue weighted by molar-refractivity contribution is 6.03. The lowest BCUT2D eigenvalue weighted by Crippen LogP contribution is -2.58. The molecule has 2 aliphatic rings. The van der Waals surface area contributed by atoms with Crippen LogP contribution in [0.15, 0.2) is 0 Å². The van der Waals surface area contributed by atoms with E-state index in [-0.39, 0.29) is 25.5 Å². The Morgan fingerprint density at radius 3 is 2.32 bits per heavy atom. The van der Waals surface area contributed by atoms with Crippen LogP contribution in [0, 0.1) is 11.3 Å². The molecule has 2 rings (SSSR count). The van der Waals surface area contributed by atoms with Crippen molar-refractivity contribution in [1.29, 1.82) is 0 Å². The Morgan fingerprint density at radius 1 is 1.32 bits per heavy atom. The molecule has 0 unspecified atom stereocenters. The molecule has 0 radical (unpaired) electrons. The maximum absolute atomic E-state index is 12.6. The van der Waals surface area contributed by atoms with Crippen LogP contribution in [-0.4, -0.2) is 42.3 Å². The predicted molar refractivity (Wildman–Crippen MR) is 68.8 cm³/mol. The van der Waals surface area contributed by atoms with E-state index in [1.54, 1.807) is 0 Å². The minimum atomic E-state index is -0.579. The van der Waals surface area contributed by atoms with E-state index < -0.39 is 17.2 Å².